The number of alkyl carbamates (subject to hydrolysis) is 1. The van der Waals surface area contributed by atoms with Gasteiger partial charge in [-0.05, 0) is 74.6 Å². The van der Waals surface area contributed by atoms with Crippen LogP contribution in [-0.4, -0.2) is 85.3 Å². The maximum absolute atomic E-state index is 14.8. The molecule has 0 bridgehead atoms. The molecule has 0 aliphatic carbocycles. The fourth-order valence-electron chi connectivity index (χ4n) is 7.15. The van der Waals surface area contributed by atoms with E-state index in [0.717, 1.165) is 22.4 Å². The minimum Gasteiger partial charge on any atom is -0.493 e. The number of amides is 2. The second-order valence-corrected chi connectivity index (χ2v) is 14.1. The molecule has 3 heterocycles. The molecular weight excluding hydrogens is 732 g/mol. The summed E-state index contributed by atoms with van der Waals surface area (Å²) >= 11 is 13.3. The van der Waals surface area contributed by atoms with Crippen LogP contribution in [0.4, 0.5) is 14.9 Å². The lowest BCUT2D eigenvalue weighted by molar-refractivity contribution is -0.136. The van der Waals surface area contributed by atoms with Gasteiger partial charge in [0.15, 0.2) is 0 Å². The van der Waals surface area contributed by atoms with Gasteiger partial charge in [0.05, 0.1) is 18.2 Å². The second kappa shape index (κ2) is 18.6. The number of hydrogen-bond acceptors (Lipinski definition) is 8. The summed E-state index contributed by atoms with van der Waals surface area (Å²) in [5, 5.41) is 3.80. The smallest absolute Gasteiger partial charge is 0.408 e. The molecule has 2 fully saturated rings. The predicted octanol–water partition coefficient (Wildman–Crippen LogP) is 7.85. The first-order valence-corrected chi connectivity index (χ1v) is 19.2. The summed E-state index contributed by atoms with van der Waals surface area (Å²) in [5.41, 5.74) is 3.84. The molecule has 0 spiro atoms. The van der Waals surface area contributed by atoms with Crippen LogP contribution in [0.25, 0.3) is 11.1 Å². The van der Waals surface area contributed by atoms with Crippen molar-refractivity contribution in [3.05, 3.63) is 106 Å². The lowest BCUT2D eigenvalue weighted by atomic mass is 9.87. The van der Waals surface area contributed by atoms with Crippen LogP contribution in [0.15, 0.2) is 79.0 Å². The molecule has 1 N–H and O–H groups in total. The van der Waals surface area contributed by atoms with Crippen molar-refractivity contribution in [3.63, 3.8) is 0 Å². The monoisotopic (exact) mass is 777 g/mol. The van der Waals surface area contributed by atoms with Gasteiger partial charge in [0.1, 0.15) is 35.1 Å². The van der Waals surface area contributed by atoms with Crippen molar-refractivity contribution in [2.45, 2.75) is 45.9 Å². The number of nitrogens with zero attached hydrogens (tertiary/aromatic N) is 4. The highest BCUT2D eigenvalue weighted by Gasteiger charge is 2.37. The summed E-state index contributed by atoms with van der Waals surface area (Å²) in [7, 11) is 0. The number of carbonyl (C=O) groups is 2. The fourth-order valence-corrected chi connectivity index (χ4v) is 7.58. The van der Waals surface area contributed by atoms with Crippen molar-refractivity contribution in [1.29, 1.82) is 0 Å². The molecule has 13 heteroatoms. The molecule has 4 aromatic rings. The van der Waals surface area contributed by atoms with Crippen LogP contribution in [0, 0.1) is 11.7 Å². The number of pyridine rings is 1. The minimum atomic E-state index is -0.797. The molecule has 3 aromatic carbocycles. The molecule has 0 unspecified atom stereocenters. The molecule has 6 rings (SSSR count). The quantitative estimate of drug-likeness (QED) is 0.137. The largest absolute Gasteiger partial charge is 0.493 e. The zero-order chi connectivity index (χ0) is 38.0. The van der Waals surface area contributed by atoms with E-state index in [1.165, 1.54) is 6.07 Å². The Balaban J connectivity index is 1.17. The molecule has 2 aliphatic rings. The number of carbonyl (C=O) groups excluding carboxylic acids is 2. The molecule has 0 saturated carbocycles. The average Bonchev–Trinajstić information content (AvgIpc) is 3.19. The minimum absolute atomic E-state index is 0.0860. The van der Waals surface area contributed by atoms with Gasteiger partial charge in [-0.2, -0.15) is 0 Å². The highest BCUT2D eigenvalue weighted by Crippen LogP contribution is 2.42. The van der Waals surface area contributed by atoms with Crippen molar-refractivity contribution in [2.75, 3.05) is 57.4 Å². The molecule has 286 valence electrons. The highest BCUT2D eigenvalue weighted by atomic mass is 35.5. The number of piperazine rings is 1. The van der Waals surface area contributed by atoms with E-state index >= 15 is 0 Å². The van der Waals surface area contributed by atoms with E-state index in [9.17, 15) is 14.0 Å². The number of aromatic nitrogens is 1. The van der Waals surface area contributed by atoms with Crippen LogP contribution in [0.5, 0.6) is 11.5 Å². The summed E-state index contributed by atoms with van der Waals surface area (Å²) in [4.78, 5) is 38.0. The van der Waals surface area contributed by atoms with E-state index in [4.69, 9.17) is 37.4 Å². The van der Waals surface area contributed by atoms with Gasteiger partial charge >= 0.3 is 6.09 Å². The number of anilines is 1. The zero-order valence-corrected chi connectivity index (χ0v) is 32.1. The molecule has 0 radical (unpaired) electrons. The van der Waals surface area contributed by atoms with Crippen LogP contribution in [0.3, 0.4) is 0 Å². The van der Waals surface area contributed by atoms with E-state index < -0.39 is 12.1 Å². The number of halogens is 3. The molecule has 1 aromatic heterocycles. The van der Waals surface area contributed by atoms with Gasteiger partial charge in [0, 0.05) is 74.4 Å². The summed E-state index contributed by atoms with van der Waals surface area (Å²) in [6, 6.07) is 21.0. The summed E-state index contributed by atoms with van der Waals surface area (Å²) in [6.07, 6.45) is 2.24. The fraction of sp³-hybridized carbons (Fsp3) is 0.390. The molecular formula is C41H46Cl2FN5O5. The van der Waals surface area contributed by atoms with E-state index in [1.807, 2.05) is 68.4 Å². The Kier molecular flexibility index (Phi) is 13.5. The van der Waals surface area contributed by atoms with Crippen molar-refractivity contribution in [2.24, 2.45) is 5.92 Å². The Morgan fingerprint density at radius 2 is 1.59 bits per heavy atom. The van der Waals surface area contributed by atoms with Gasteiger partial charge in [0.25, 0.3) is 0 Å². The molecule has 1 atom stereocenters. The SMILES string of the molecule is CCOc1cc(-c2cccnc2Cl)c(N2CCC([C@@H](NC(=O)OCc3ccccc3)C(=O)N3CCN(Cc4c(F)cccc4OCC)CC3)CC2)cc1Cl. The molecule has 2 aliphatic heterocycles. The predicted molar refractivity (Wildman–Crippen MR) is 209 cm³/mol. The summed E-state index contributed by atoms with van der Waals surface area (Å²) in [5.74, 6) is 0.459. The van der Waals surface area contributed by atoms with Crippen molar-refractivity contribution < 1.29 is 28.2 Å². The zero-order valence-electron chi connectivity index (χ0n) is 30.6. The maximum atomic E-state index is 14.8. The Morgan fingerprint density at radius 1 is 0.870 bits per heavy atom. The number of hydrogen-bond donors (Lipinski definition) is 1. The third-order valence-corrected chi connectivity index (χ3v) is 10.5. The number of nitrogens with one attached hydrogen (secondary N) is 1. The molecule has 2 saturated heterocycles. The van der Waals surface area contributed by atoms with Crippen LogP contribution < -0.4 is 19.7 Å². The third kappa shape index (κ3) is 9.55. The standard InChI is InChI=1S/C41H46Cl2FN5O5/c1-3-52-36-14-8-13-34(44)32(36)26-47-20-22-49(23-21-47)40(50)38(46-41(51)54-27-28-10-6-5-7-11-28)29-15-18-48(19-16-29)35-25-33(42)37(53-4-2)24-31(35)30-12-9-17-45-39(30)43/h5-14,17,24-25,29,38H,3-4,15-16,18-23,26-27H2,1-2H3,(H,46,51)/t38-/m1/s1. The van der Waals surface area contributed by atoms with Crippen molar-refractivity contribution in [3.8, 4) is 22.6 Å². The number of ether oxygens (including phenoxy) is 3. The van der Waals surface area contributed by atoms with E-state index in [2.05, 4.69) is 20.1 Å². The van der Waals surface area contributed by atoms with E-state index in [0.29, 0.717) is 99.1 Å². The van der Waals surface area contributed by atoms with Crippen LogP contribution in [0.1, 0.15) is 37.8 Å². The normalized spacial score (nSPS) is 15.8. The molecule has 54 heavy (non-hydrogen) atoms. The van der Waals surface area contributed by atoms with Crippen molar-refractivity contribution in [1.82, 2.24) is 20.1 Å². The van der Waals surface area contributed by atoms with E-state index in [1.54, 1.807) is 23.2 Å². The molecule has 10 nitrogen and oxygen atoms in total. The second-order valence-electron chi connectivity index (χ2n) is 13.3. The Morgan fingerprint density at radius 3 is 2.30 bits per heavy atom. The van der Waals surface area contributed by atoms with Gasteiger partial charge in [-0.1, -0.05) is 59.6 Å². The van der Waals surface area contributed by atoms with Crippen molar-refractivity contribution >= 4 is 40.9 Å². The summed E-state index contributed by atoms with van der Waals surface area (Å²) in [6.45, 7) is 8.30. The Bertz CT molecular complexity index is 1890. The van der Waals surface area contributed by atoms with Crippen LogP contribution in [-0.2, 0) is 22.7 Å². The maximum Gasteiger partial charge on any atom is 0.408 e. The summed E-state index contributed by atoms with van der Waals surface area (Å²) < 4.78 is 31.9. The van der Waals surface area contributed by atoms with Gasteiger partial charge in [0.2, 0.25) is 5.91 Å². The first kappa shape index (κ1) is 39.1. The average molecular weight is 779 g/mol. The van der Waals surface area contributed by atoms with Crippen LogP contribution in [0.2, 0.25) is 10.2 Å². The van der Waals surface area contributed by atoms with E-state index in [-0.39, 0.29) is 24.2 Å². The lowest BCUT2D eigenvalue weighted by Gasteiger charge is -2.41. The first-order valence-electron chi connectivity index (χ1n) is 18.5. The highest BCUT2D eigenvalue weighted by molar-refractivity contribution is 6.33. The van der Waals surface area contributed by atoms with Gasteiger partial charge in [-0.3, -0.25) is 9.69 Å². The Hall–Kier alpha value is -4.58. The van der Waals surface area contributed by atoms with Gasteiger partial charge in [-0.15, -0.1) is 0 Å². The topological polar surface area (TPSA) is 96.5 Å². The molecule has 2 amide bonds. The number of piperidine rings is 1. The third-order valence-electron chi connectivity index (χ3n) is 9.94. The van der Waals surface area contributed by atoms with Gasteiger partial charge in [-0.25, -0.2) is 14.2 Å². The first-order chi connectivity index (χ1) is 26.2. The van der Waals surface area contributed by atoms with Gasteiger partial charge < -0.3 is 29.3 Å². The van der Waals surface area contributed by atoms with Crippen LogP contribution >= 0.6 is 23.2 Å². The lowest BCUT2D eigenvalue weighted by Crippen LogP contribution is -2.58. The number of rotatable bonds is 13. The Labute approximate surface area is 326 Å². The number of benzene rings is 3.